The Labute approximate surface area is 343 Å². The van der Waals surface area contributed by atoms with E-state index < -0.39 is 19.9 Å². The monoisotopic (exact) mass is 808 g/mol. The number of rotatable bonds is 39. The number of carbonyl (C=O) groups is 1. The molecule has 1 saturated heterocycles. The van der Waals surface area contributed by atoms with E-state index in [0.29, 0.717) is 23.6 Å². The van der Waals surface area contributed by atoms with Crippen LogP contribution >= 0.6 is 7.82 Å². The van der Waals surface area contributed by atoms with E-state index in [4.69, 9.17) is 23.3 Å². The highest BCUT2D eigenvalue weighted by atomic mass is 31.2. The van der Waals surface area contributed by atoms with Crippen molar-refractivity contribution in [3.05, 3.63) is 60.9 Å². The average molecular weight is 808 g/mol. The third-order valence-electron chi connectivity index (χ3n) is 9.51. The molecule has 0 aliphatic carbocycles. The Bertz CT molecular complexity index is 1140. The van der Waals surface area contributed by atoms with Gasteiger partial charge in [0.1, 0.15) is 19.8 Å². The van der Waals surface area contributed by atoms with Crippen molar-refractivity contribution in [2.24, 2.45) is 0 Å². The maximum Gasteiger partial charge on any atom is 0.306 e. The summed E-state index contributed by atoms with van der Waals surface area (Å²) in [5.41, 5.74) is 0. The quantitative estimate of drug-likeness (QED) is 0.0115. The van der Waals surface area contributed by atoms with Crippen LogP contribution in [0, 0.1) is 0 Å². The average Bonchev–Trinajstić information content (AvgIpc) is 3.91. The molecular formula is C46H82NO8P. The van der Waals surface area contributed by atoms with Crippen molar-refractivity contribution in [1.82, 2.24) is 0 Å². The summed E-state index contributed by atoms with van der Waals surface area (Å²) in [5.74, 6) is -0.420. The Kier molecular flexibility index (Phi) is 32.5. The molecule has 1 aliphatic rings. The molecule has 0 spiro atoms. The summed E-state index contributed by atoms with van der Waals surface area (Å²) in [5, 5.41) is 0. The van der Waals surface area contributed by atoms with E-state index in [1.165, 1.54) is 83.5 Å². The number of epoxide rings is 1. The van der Waals surface area contributed by atoms with E-state index >= 15 is 0 Å². The normalized spacial score (nSPS) is 17.9. The summed E-state index contributed by atoms with van der Waals surface area (Å²) in [7, 11) is 1.27. The molecule has 0 aromatic carbocycles. The van der Waals surface area contributed by atoms with Gasteiger partial charge in [-0.05, 0) is 89.5 Å². The molecule has 4 atom stereocenters. The number of esters is 1. The van der Waals surface area contributed by atoms with E-state index in [9.17, 15) is 14.3 Å². The van der Waals surface area contributed by atoms with Crippen molar-refractivity contribution < 1.29 is 42.0 Å². The van der Waals surface area contributed by atoms with Gasteiger partial charge >= 0.3 is 5.97 Å². The molecule has 0 saturated carbocycles. The van der Waals surface area contributed by atoms with Crippen molar-refractivity contribution in [1.29, 1.82) is 0 Å². The lowest BCUT2D eigenvalue weighted by atomic mass is 10.1. The first-order chi connectivity index (χ1) is 27.1. The first-order valence-electron chi connectivity index (χ1n) is 22.2. The zero-order valence-corrected chi connectivity index (χ0v) is 37.2. The number of ether oxygens (including phenoxy) is 3. The van der Waals surface area contributed by atoms with E-state index in [1.54, 1.807) is 6.26 Å². The molecule has 1 fully saturated rings. The lowest BCUT2D eigenvalue weighted by Gasteiger charge is -2.28. The van der Waals surface area contributed by atoms with Crippen molar-refractivity contribution >= 4 is 13.8 Å². The Balaban J connectivity index is 2.31. The predicted octanol–water partition coefficient (Wildman–Crippen LogP) is 11.6. The summed E-state index contributed by atoms with van der Waals surface area (Å²) in [6, 6.07) is 0. The third kappa shape index (κ3) is 35.2. The first-order valence-corrected chi connectivity index (χ1v) is 23.6. The van der Waals surface area contributed by atoms with Crippen LogP contribution in [0.5, 0.6) is 0 Å². The number of likely N-dealkylation sites (N-methyl/N-ethyl adjacent to an activating group) is 1. The summed E-state index contributed by atoms with van der Waals surface area (Å²) >= 11 is 0. The molecule has 56 heavy (non-hydrogen) atoms. The molecule has 1 rings (SSSR count). The number of phosphoric ester groups is 1. The van der Waals surface area contributed by atoms with E-state index in [-0.39, 0.29) is 32.3 Å². The highest BCUT2D eigenvalue weighted by Gasteiger charge is 2.36. The first kappa shape index (κ1) is 52.0. The minimum Gasteiger partial charge on any atom is -0.756 e. The smallest absolute Gasteiger partial charge is 0.306 e. The minimum atomic E-state index is -4.57. The predicted molar refractivity (Wildman–Crippen MR) is 230 cm³/mol. The van der Waals surface area contributed by atoms with Crippen LogP contribution in [0.2, 0.25) is 0 Å². The van der Waals surface area contributed by atoms with Crippen molar-refractivity contribution in [2.75, 3.05) is 47.5 Å². The number of phosphoric acid groups is 1. The molecule has 0 aromatic rings. The fourth-order valence-corrected chi connectivity index (χ4v) is 6.62. The van der Waals surface area contributed by atoms with Crippen LogP contribution < -0.4 is 4.89 Å². The molecule has 0 amide bonds. The molecular weight excluding hydrogens is 725 g/mol. The highest BCUT2D eigenvalue weighted by Crippen LogP contribution is 2.38. The number of allylic oxidation sites excluding steroid dienone is 7. The van der Waals surface area contributed by atoms with Crippen LogP contribution in [-0.2, 0) is 32.6 Å². The van der Waals surface area contributed by atoms with E-state index in [0.717, 1.165) is 51.4 Å². The number of hydrogen-bond acceptors (Lipinski definition) is 8. The second kappa shape index (κ2) is 35.0. The molecule has 0 aromatic heterocycles. The van der Waals surface area contributed by atoms with Crippen LogP contribution in [0.3, 0.4) is 0 Å². The van der Waals surface area contributed by atoms with Gasteiger partial charge in [-0.3, -0.25) is 9.36 Å². The maximum absolute atomic E-state index is 12.7. The molecule has 0 radical (unpaired) electrons. The maximum atomic E-state index is 12.7. The lowest BCUT2D eigenvalue weighted by molar-refractivity contribution is -0.870. The number of carbonyl (C=O) groups excluding carboxylic acids is 1. The van der Waals surface area contributed by atoms with Gasteiger partial charge in [0.25, 0.3) is 7.82 Å². The van der Waals surface area contributed by atoms with Gasteiger partial charge in [-0.15, -0.1) is 0 Å². The number of quaternary nitrogens is 1. The van der Waals surface area contributed by atoms with Crippen molar-refractivity contribution in [3.63, 3.8) is 0 Å². The number of hydrogen-bond donors (Lipinski definition) is 0. The van der Waals surface area contributed by atoms with Crippen LogP contribution in [0.1, 0.15) is 162 Å². The van der Waals surface area contributed by atoms with Gasteiger partial charge in [-0.1, -0.05) is 120 Å². The molecule has 3 unspecified atom stereocenters. The van der Waals surface area contributed by atoms with Gasteiger partial charge in [0, 0.05) is 6.42 Å². The summed E-state index contributed by atoms with van der Waals surface area (Å²) in [6.07, 6.45) is 46.4. The SMILES string of the molecule is CCCCC/C=C\C/C=C\CC1OC1C/C=C\CCCC(=O)O[C@H](CO/C=C/CCCCCC/C=C\CCCCCCCC)COP(=O)([O-])OCC[N+](C)(C)C. The van der Waals surface area contributed by atoms with E-state index in [1.807, 2.05) is 27.2 Å². The van der Waals surface area contributed by atoms with Gasteiger partial charge < -0.3 is 32.6 Å². The second-order valence-corrected chi connectivity index (χ2v) is 17.6. The fourth-order valence-electron chi connectivity index (χ4n) is 5.89. The largest absolute Gasteiger partial charge is 0.756 e. The molecule has 324 valence electrons. The fraction of sp³-hybridized carbons (Fsp3) is 0.761. The van der Waals surface area contributed by atoms with E-state index in [2.05, 4.69) is 62.5 Å². The topological polar surface area (TPSA) is 107 Å². The highest BCUT2D eigenvalue weighted by molar-refractivity contribution is 7.45. The molecule has 0 N–H and O–H groups in total. The Hall–Kier alpha value is -2.00. The zero-order chi connectivity index (χ0) is 41.0. The van der Waals surface area contributed by atoms with Crippen LogP contribution in [-0.4, -0.2) is 76.3 Å². The molecule has 9 nitrogen and oxygen atoms in total. The summed E-state index contributed by atoms with van der Waals surface area (Å²) in [6.45, 7) is 4.60. The van der Waals surface area contributed by atoms with Crippen LogP contribution in [0.15, 0.2) is 60.9 Å². The molecule has 0 bridgehead atoms. The second-order valence-electron chi connectivity index (χ2n) is 16.1. The Morgan fingerprint density at radius 1 is 0.661 bits per heavy atom. The standard InChI is InChI=1S/C46H82NO8P/c1-6-8-10-12-14-16-17-18-19-20-21-22-24-26-30-34-39-51-41-43(42-53-56(49,50)52-40-38-47(3,4)5)54-46(48)37-33-29-28-32-36-45-44(55-45)35-31-27-25-23-15-13-11-9-7-2/h15,18-19,23,27-28,31-32,34,39,43-45H,6-14,16-17,20-22,24-26,29-30,33,35-38,40-42H2,1-5H3/b19-18-,23-15-,31-27-,32-28-,39-34+/t43-,44?,45?/m1/s1. The van der Waals surface area contributed by atoms with Gasteiger partial charge in [0.15, 0.2) is 6.10 Å². The molecule has 1 heterocycles. The Morgan fingerprint density at radius 2 is 1.16 bits per heavy atom. The van der Waals surface area contributed by atoms with Gasteiger partial charge in [0.2, 0.25) is 0 Å². The van der Waals surface area contributed by atoms with Crippen LogP contribution in [0.25, 0.3) is 0 Å². The lowest BCUT2D eigenvalue weighted by Crippen LogP contribution is -2.37. The number of unbranched alkanes of at least 4 members (excludes halogenated alkanes) is 15. The summed E-state index contributed by atoms with van der Waals surface area (Å²) in [4.78, 5) is 25.1. The van der Waals surface area contributed by atoms with Crippen molar-refractivity contribution in [3.8, 4) is 0 Å². The van der Waals surface area contributed by atoms with Gasteiger partial charge in [0.05, 0.1) is 46.2 Å². The minimum absolute atomic E-state index is 0.000850. The summed E-state index contributed by atoms with van der Waals surface area (Å²) < 4.78 is 40.1. The van der Waals surface area contributed by atoms with Gasteiger partial charge in [-0.2, -0.15) is 0 Å². The Morgan fingerprint density at radius 3 is 1.80 bits per heavy atom. The number of nitrogens with zero attached hydrogens (tertiary/aromatic N) is 1. The van der Waals surface area contributed by atoms with Gasteiger partial charge in [-0.25, -0.2) is 0 Å². The molecule has 1 aliphatic heterocycles. The zero-order valence-electron chi connectivity index (χ0n) is 36.3. The van der Waals surface area contributed by atoms with Crippen molar-refractivity contribution in [2.45, 2.75) is 180 Å². The molecule has 10 heteroatoms. The van der Waals surface area contributed by atoms with Crippen LogP contribution in [0.4, 0.5) is 0 Å². The third-order valence-corrected chi connectivity index (χ3v) is 10.5.